The Balaban J connectivity index is 0.00000203. The number of methoxy groups -OCH3 is 2. The van der Waals surface area contributed by atoms with E-state index in [1.54, 1.807) is 26.4 Å². The summed E-state index contributed by atoms with van der Waals surface area (Å²) in [4.78, 5) is 27.8. The molecule has 0 fully saturated rings. The van der Waals surface area contributed by atoms with Crippen molar-refractivity contribution in [2.24, 2.45) is 20.5 Å². The van der Waals surface area contributed by atoms with Crippen molar-refractivity contribution in [3.8, 4) is 34.3 Å². The van der Waals surface area contributed by atoms with E-state index < -0.39 is 20.7 Å². The minimum absolute atomic E-state index is 0.186. The highest BCUT2D eigenvalue weighted by Gasteiger charge is 2.21. The molecule has 76 heavy (non-hydrogen) atoms. The zero-order valence-corrected chi connectivity index (χ0v) is 45.7. The number of hydrogen-bond donors (Lipinski definition) is 3. The van der Waals surface area contributed by atoms with Crippen molar-refractivity contribution in [1.82, 2.24) is 33.7 Å². The molecular weight excluding hydrogens is 1070 g/mol. The summed E-state index contributed by atoms with van der Waals surface area (Å²) in [7, 11) is -4.35. The van der Waals surface area contributed by atoms with Crippen LogP contribution in [0.2, 0.25) is 0 Å². The number of thioether (sulfide) groups is 1. The molecule has 0 saturated heterocycles. The summed E-state index contributed by atoms with van der Waals surface area (Å²) in [5, 5.41) is 26.1. The van der Waals surface area contributed by atoms with E-state index in [1.165, 1.54) is 30.0 Å². The standard InChI is InChI=1S/C48H49N15O5S4.O3S/c1-7-62(8-2)38-25-34(36(27-40(38)67-5)56-58-47-51-42(60-70-47)31-20-15-12-16-21-31)49-44-53-45(55-46(54-44)69-29-30-18-13-11-14-19-30)50-35-26-39(63(9-3)10-4)41(68-6)28-37(35)57-59-48-52-43(61-71-48)32-22-17-23-33(24-32)72(64,65)66;1-4(2)3/h11-28H,7-10,29H2,1-6H3,(H,64,65,66)(H2,49,50,53,54,55);. The van der Waals surface area contributed by atoms with Gasteiger partial charge in [0.2, 0.25) is 22.2 Å². The topological polar surface area (TPSA) is 294 Å². The van der Waals surface area contributed by atoms with Gasteiger partial charge < -0.3 is 29.9 Å². The zero-order valence-electron chi connectivity index (χ0n) is 41.6. The van der Waals surface area contributed by atoms with Crippen molar-refractivity contribution in [2.75, 3.05) is 60.8 Å². The number of benzene rings is 5. The molecule has 28 heteroatoms. The fourth-order valence-corrected chi connectivity index (χ4v) is 9.60. The van der Waals surface area contributed by atoms with Crippen LogP contribution in [0, 0.1) is 0 Å². The van der Waals surface area contributed by atoms with Crippen LogP contribution in [0.25, 0.3) is 22.8 Å². The van der Waals surface area contributed by atoms with Gasteiger partial charge >= 0.3 is 10.6 Å². The van der Waals surface area contributed by atoms with Crippen molar-refractivity contribution in [2.45, 2.75) is 43.5 Å². The number of rotatable bonds is 22. The van der Waals surface area contributed by atoms with Crippen molar-refractivity contribution < 1.29 is 35.1 Å². The second kappa shape index (κ2) is 26.5. The van der Waals surface area contributed by atoms with Gasteiger partial charge in [-0.1, -0.05) is 84.6 Å². The van der Waals surface area contributed by atoms with Gasteiger partial charge in [-0.2, -0.15) is 42.1 Å². The highest BCUT2D eigenvalue weighted by atomic mass is 32.2. The molecule has 0 radical (unpaired) electrons. The summed E-state index contributed by atoms with van der Waals surface area (Å²) in [6.45, 7) is 11.0. The van der Waals surface area contributed by atoms with Crippen LogP contribution in [-0.2, 0) is 26.5 Å². The number of nitrogens with zero attached hydrogens (tertiary/aromatic N) is 13. The van der Waals surface area contributed by atoms with Crippen molar-refractivity contribution >= 4 is 112 Å². The molecule has 0 aliphatic carbocycles. The molecule has 0 atom stereocenters. The van der Waals surface area contributed by atoms with Crippen LogP contribution in [0.15, 0.2) is 140 Å². The number of azo groups is 2. The van der Waals surface area contributed by atoms with Crippen LogP contribution < -0.4 is 29.9 Å². The SMILES string of the molecule is CCN(CC)c1cc(Nc2nc(Nc3cc(N(CC)CC)c(OC)cc3N=Nc3nc(-c4cccc(S(=O)(=O)O)c4)ns3)nc(SCc3ccccc3)n2)c(N=Nc2nc(-c3ccccc3)ns2)cc1OC.O=S(=O)=O. The number of anilines is 6. The third kappa shape index (κ3) is 14.9. The van der Waals surface area contributed by atoms with Crippen molar-refractivity contribution in [3.63, 3.8) is 0 Å². The molecule has 0 unspecified atom stereocenters. The van der Waals surface area contributed by atoms with Crippen molar-refractivity contribution in [1.29, 1.82) is 0 Å². The third-order valence-corrected chi connectivity index (χ3v) is 13.8. The molecule has 0 aliphatic rings. The quantitative estimate of drug-likeness (QED) is 0.0323. The number of ether oxygens (including phenoxy) is 2. The van der Waals surface area contributed by atoms with Gasteiger partial charge in [0.25, 0.3) is 10.1 Å². The van der Waals surface area contributed by atoms with Gasteiger partial charge in [-0.25, -0.2) is 0 Å². The molecule has 3 aromatic heterocycles. The Hall–Kier alpha value is -7.89. The molecule has 3 N–H and O–H groups in total. The first-order valence-corrected chi connectivity index (χ1v) is 28.0. The first-order chi connectivity index (χ1) is 36.7. The van der Waals surface area contributed by atoms with Crippen LogP contribution >= 0.6 is 34.8 Å². The summed E-state index contributed by atoms with van der Waals surface area (Å²) in [6.07, 6.45) is 0. The van der Waals surface area contributed by atoms with Gasteiger partial charge in [0.05, 0.1) is 41.9 Å². The van der Waals surface area contributed by atoms with Crippen molar-refractivity contribution in [3.05, 3.63) is 115 Å². The van der Waals surface area contributed by atoms with E-state index in [0.717, 1.165) is 45.6 Å². The van der Waals surface area contributed by atoms with Crippen LogP contribution in [0.4, 0.5) is 56.3 Å². The average Bonchev–Trinajstić information content (AvgIpc) is 4.12. The van der Waals surface area contributed by atoms with E-state index in [2.05, 4.69) is 87.3 Å². The summed E-state index contributed by atoms with van der Waals surface area (Å²) in [5.41, 5.74) is 5.74. The summed E-state index contributed by atoms with van der Waals surface area (Å²) in [5.74, 6) is 2.87. The predicted molar refractivity (Wildman–Crippen MR) is 294 cm³/mol. The zero-order chi connectivity index (χ0) is 54.2. The van der Waals surface area contributed by atoms with E-state index in [-0.39, 0.29) is 27.7 Å². The minimum Gasteiger partial charge on any atom is -0.494 e. The number of nitrogens with one attached hydrogen (secondary N) is 2. The smallest absolute Gasteiger partial charge is 0.425 e. The van der Waals surface area contributed by atoms with E-state index >= 15 is 0 Å². The molecule has 0 saturated carbocycles. The molecule has 23 nitrogen and oxygen atoms in total. The lowest BCUT2D eigenvalue weighted by Crippen LogP contribution is -2.22. The van der Waals surface area contributed by atoms with Crippen LogP contribution in [0.5, 0.6) is 11.5 Å². The lowest BCUT2D eigenvalue weighted by molar-refractivity contribution is 0.414. The van der Waals surface area contributed by atoms with Gasteiger partial charge in [0, 0.05) is 78.3 Å². The lowest BCUT2D eigenvalue weighted by atomic mass is 10.2. The van der Waals surface area contributed by atoms with Gasteiger partial charge in [0.1, 0.15) is 22.9 Å². The Kier molecular flexibility index (Phi) is 19.5. The Morgan fingerprint density at radius 3 is 1.53 bits per heavy atom. The molecule has 394 valence electrons. The maximum atomic E-state index is 11.8. The Labute approximate surface area is 451 Å². The van der Waals surface area contributed by atoms with Crippen LogP contribution in [0.3, 0.4) is 0 Å². The highest BCUT2D eigenvalue weighted by molar-refractivity contribution is 7.98. The fourth-order valence-electron chi connectivity index (χ4n) is 7.25. The second-order valence-electron chi connectivity index (χ2n) is 15.5. The van der Waals surface area contributed by atoms with Gasteiger partial charge in [-0.3, -0.25) is 4.55 Å². The van der Waals surface area contributed by atoms with Gasteiger partial charge in [-0.15, -0.1) is 33.1 Å². The van der Waals surface area contributed by atoms with E-state index in [9.17, 15) is 13.0 Å². The largest absolute Gasteiger partial charge is 0.494 e. The third-order valence-electron chi connectivity index (χ3n) is 10.9. The molecule has 8 rings (SSSR count). The molecule has 3 heterocycles. The monoisotopic (exact) mass is 1120 g/mol. The Morgan fingerprint density at radius 2 is 1.07 bits per heavy atom. The molecule has 8 aromatic rings. The van der Waals surface area contributed by atoms with Gasteiger partial charge in [-0.05, 0) is 57.5 Å². The highest BCUT2D eigenvalue weighted by Crippen LogP contribution is 2.43. The normalized spacial score (nSPS) is 11.3. The van der Waals surface area contributed by atoms with Crippen LogP contribution in [0.1, 0.15) is 33.3 Å². The summed E-state index contributed by atoms with van der Waals surface area (Å²) < 4.78 is 79.3. The molecule has 0 bridgehead atoms. The molecule has 0 spiro atoms. The average molecular weight is 1120 g/mol. The molecular formula is C48H49N15O8S5. The first-order valence-electron chi connectivity index (χ1n) is 23.0. The number of hydrogen-bond acceptors (Lipinski definition) is 25. The summed E-state index contributed by atoms with van der Waals surface area (Å²) >= 11 is 3.53. The minimum atomic E-state index is -4.45. The maximum Gasteiger partial charge on any atom is 0.425 e. The molecule has 5 aromatic carbocycles. The van der Waals surface area contributed by atoms with E-state index in [4.69, 9.17) is 37.1 Å². The molecule has 0 amide bonds. The fraction of sp³-hybridized carbons (Fsp3) is 0.229. The van der Waals surface area contributed by atoms with Crippen LogP contribution in [-0.4, -0.2) is 99.7 Å². The first kappa shape index (κ1) is 55.9. The van der Waals surface area contributed by atoms with E-state index in [0.29, 0.717) is 87.9 Å². The lowest BCUT2D eigenvalue weighted by Gasteiger charge is -2.25. The van der Waals surface area contributed by atoms with E-state index in [1.807, 2.05) is 78.9 Å². The number of aromatic nitrogens is 7. The maximum absolute atomic E-state index is 11.8. The Bertz CT molecular complexity index is 3540. The Morgan fingerprint density at radius 1 is 0.605 bits per heavy atom. The summed E-state index contributed by atoms with van der Waals surface area (Å²) in [6, 6.07) is 32.8. The second-order valence-corrected chi connectivity index (χ2v) is 19.7. The predicted octanol–water partition coefficient (Wildman–Crippen LogP) is 11.5. The van der Waals surface area contributed by atoms with Gasteiger partial charge in [0.15, 0.2) is 16.8 Å². The molecule has 0 aliphatic heterocycles.